The molecule has 0 spiro atoms. The van der Waals surface area contributed by atoms with E-state index >= 15 is 0 Å². The number of esters is 2. The Labute approximate surface area is 75.2 Å². The molecule has 0 aliphatic carbocycles. The van der Waals surface area contributed by atoms with Gasteiger partial charge in [0.25, 0.3) is 0 Å². The van der Waals surface area contributed by atoms with Crippen LogP contribution in [0.1, 0.15) is 0 Å². The molecule has 0 saturated carbocycles. The van der Waals surface area contributed by atoms with Crippen molar-refractivity contribution >= 4 is 17.7 Å². The molecule has 0 bridgehead atoms. The molecule has 0 atom stereocenters. The Hall–Kier alpha value is -1.97. The van der Waals surface area contributed by atoms with E-state index in [9.17, 15) is 14.4 Å². The minimum atomic E-state index is -0.917. The van der Waals surface area contributed by atoms with Crippen LogP contribution in [-0.2, 0) is 19.1 Å². The molecule has 68 valence electrons. The highest BCUT2D eigenvalue weighted by Gasteiger charge is 2.02. The normalized spacial score (nSPS) is 9.23. The largest absolute Gasteiger partial charge is 0.387 e. The highest BCUT2D eigenvalue weighted by atomic mass is 16.6. The number of carbonyl (C=O) groups is 3. The van der Waals surface area contributed by atoms with Crippen LogP contribution in [0.25, 0.3) is 0 Å². The third-order valence-electron chi connectivity index (χ3n) is 0.953. The Morgan fingerprint density at radius 1 is 0.923 bits per heavy atom. The maximum atomic E-state index is 10.7. The van der Waals surface area contributed by atoms with Gasteiger partial charge in [0.2, 0.25) is 0 Å². The van der Waals surface area contributed by atoms with Crippen LogP contribution in [0.2, 0.25) is 0 Å². The van der Waals surface area contributed by atoms with Gasteiger partial charge in [-0.05, 0) is 12.2 Å². The van der Waals surface area contributed by atoms with Crippen LogP contribution in [0.4, 0.5) is 0 Å². The van der Waals surface area contributed by atoms with Crippen LogP contribution < -0.4 is 0 Å². The van der Waals surface area contributed by atoms with Crippen LogP contribution in [0, 0.1) is 0 Å². The number of rotatable bonds is 4. The fourth-order valence-corrected chi connectivity index (χ4v) is 0.393. The summed E-state index contributed by atoms with van der Waals surface area (Å²) >= 11 is 0. The molecule has 13 heavy (non-hydrogen) atoms. The molecule has 0 fully saturated rings. The summed E-state index contributed by atoms with van der Waals surface area (Å²) in [5, 5.41) is 0. The molecule has 0 aromatic rings. The molecule has 0 amide bonds. The second-order valence-corrected chi connectivity index (χ2v) is 1.88. The van der Waals surface area contributed by atoms with Crippen molar-refractivity contribution in [3.05, 3.63) is 37.5 Å². The summed E-state index contributed by atoms with van der Waals surface area (Å²) in [6, 6.07) is 0. The van der Waals surface area contributed by atoms with Gasteiger partial charge >= 0.3 is 11.9 Å². The van der Waals surface area contributed by atoms with Crippen molar-refractivity contribution in [2.45, 2.75) is 0 Å². The summed E-state index contributed by atoms with van der Waals surface area (Å²) in [5.74, 6) is -2.22. The van der Waals surface area contributed by atoms with Crippen LogP contribution in [-0.4, -0.2) is 17.7 Å². The molecule has 0 aromatic carbocycles. The number of hydrogen-bond donors (Lipinski definition) is 0. The fourth-order valence-electron chi connectivity index (χ4n) is 0.393. The average Bonchev–Trinajstić information content (AvgIpc) is 2.13. The van der Waals surface area contributed by atoms with Gasteiger partial charge in [0.15, 0.2) is 5.78 Å². The topological polar surface area (TPSA) is 60.4 Å². The summed E-state index contributed by atoms with van der Waals surface area (Å²) < 4.78 is 4.13. The Morgan fingerprint density at radius 2 is 1.54 bits per heavy atom. The van der Waals surface area contributed by atoms with Gasteiger partial charge in [0, 0.05) is 12.2 Å². The average molecular weight is 180 g/mol. The molecule has 4 nitrogen and oxygen atoms in total. The predicted molar refractivity (Wildman–Crippen MR) is 45.6 cm³/mol. The highest BCUT2D eigenvalue weighted by Crippen LogP contribution is 1.85. The lowest BCUT2D eigenvalue weighted by Crippen LogP contribution is -2.07. The predicted octanol–water partition coefficient (Wildman–Crippen LogP) is 0.553. The molecule has 0 rings (SSSR count). The summed E-state index contributed by atoms with van der Waals surface area (Å²) in [7, 11) is 0. The SMILES string of the molecule is C=CC(=O)C=CC(=O)OC(=O)C=C. The number of allylic oxidation sites excluding steroid dienone is 2. The Bertz CT molecular complexity index is 286. The van der Waals surface area contributed by atoms with E-state index in [-0.39, 0.29) is 0 Å². The van der Waals surface area contributed by atoms with Crippen molar-refractivity contribution in [1.29, 1.82) is 0 Å². The molecule has 0 radical (unpaired) electrons. The molecule has 0 heterocycles. The molecule has 0 aliphatic heterocycles. The molecular formula is C9H8O4. The van der Waals surface area contributed by atoms with Crippen molar-refractivity contribution in [3.63, 3.8) is 0 Å². The highest BCUT2D eigenvalue weighted by molar-refractivity contribution is 6.04. The summed E-state index contributed by atoms with van der Waals surface area (Å²) in [6.45, 7) is 6.27. The maximum absolute atomic E-state index is 10.7. The first-order valence-electron chi connectivity index (χ1n) is 3.33. The first kappa shape index (κ1) is 11.0. The van der Waals surface area contributed by atoms with E-state index in [2.05, 4.69) is 17.9 Å². The minimum absolute atomic E-state index is 0.442. The van der Waals surface area contributed by atoms with E-state index in [0.29, 0.717) is 0 Å². The van der Waals surface area contributed by atoms with Crippen molar-refractivity contribution < 1.29 is 19.1 Å². The second kappa shape index (κ2) is 5.65. The lowest BCUT2D eigenvalue weighted by Gasteiger charge is -1.91. The van der Waals surface area contributed by atoms with Crippen molar-refractivity contribution in [1.82, 2.24) is 0 Å². The Kier molecular flexibility index (Phi) is 4.79. The summed E-state index contributed by atoms with van der Waals surface area (Å²) in [5.41, 5.74) is 0. The lowest BCUT2D eigenvalue weighted by atomic mass is 10.3. The lowest BCUT2D eigenvalue weighted by molar-refractivity contribution is -0.152. The van der Waals surface area contributed by atoms with Gasteiger partial charge in [-0.1, -0.05) is 13.2 Å². The van der Waals surface area contributed by atoms with E-state index < -0.39 is 17.7 Å². The van der Waals surface area contributed by atoms with Crippen molar-refractivity contribution in [2.24, 2.45) is 0 Å². The third-order valence-corrected chi connectivity index (χ3v) is 0.953. The number of carbonyl (C=O) groups excluding carboxylic acids is 3. The van der Waals surface area contributed by atoms with E-state index in [1.165, 1.54) is 0 Å². The van der Waals surface area contributed by atoms with Crippen LogP contribution in [0.3, 0.4) is 0 Å². The second-order valence-electron chi connectivity index (χ2n) is 1.88. The van der Waals surface area contributed by atoms with E-state index in [1.807, 2.05) is 0 Å². The number of ether oxygens (including phenoxy) is 1. The molecule has 4 heteroatoms. The standard InChI is InChI=1S/C9H8O4/c1-3-7(10)5-6-9(12)13-8(11)4-2/h3-6H,1-2H2. The quantitative estimate of drug-likeness (QED) is 0.360. The van der Waals surface area contributed by atoms with E-state index in [4.69, 9.17) is 0 Å². The van der Waals surface area contributed by atoms with Crippen LogP contribution in [0.5, 0.6) is 0 Å². The van der Waals surface area contributed by atoms with Gasteiger partial charge in [-0.15, -0.1) is 0 Å². The number of ketones is 1. The Balaban J connectivity index is 4.08. The zero-order valence-corrected chi connectivity index (χ0v) is 6.86. The van der Waals surface area contributed by atoms with Crippen LogP contribution in [0.15, 0.2) is 37.5 Å². The Morgan fingerprint density at radius 3 is 2.00 bits per heavy atom. The van der Waals surface area contributed by atoms with E-state index in [0.717, 1.165) is 24.3 Å². The van der Waals surface area contributed by atoms with Gasteiger partial charge in [-0.2, -0.15) is 0 Å². The van der Waals surface area contributed by atoms with Gasteiger partial charge in [0.05, 0.1) is 0 Å². The zero-order chi connectivity index (χ0) is 10.3. The van der Waals surface area contributed by atoms with Gasteiger partial charge < -0.3 is 4.74 Å². The summed E-state index contributed by atoms with van der Waals surface area (Å²) in [6.07, 6.45) is 3.66. The molecule has 0 unspecified atom stereocenters. The minimum Gasteiger partial charge on any atom is -0.387 e. The molecular weight excluding hydrogens is 172 g/mol. The maximum Gasteiger partial charge on any atom is 0.338 e. The van der Waals surface area contributed by atoms with Gasteiger partial charge in [0.1, 0.15) is 0 Å². The number of hydrogen-bond acceptors (Lipinski definition) is 4. The molecule has 0 N–H and O–H groups in total. The summed E-state index contributed by atoms with van der Waals surface area (Å²) in [4.78, 5) is 31.7. The van der Waals surface area contributed by atoms with E-state index in [1.54, 1.807) is 0 Å². The monoisotopic (exact) mass is 180 g/mol. The van der Waals surface area contributed by atoms with Crippen LogP contribution >= 0.6 is 0 Å². The van der Waals surface area contributed by atoms with Crippen molar-refractivity contribution in [2.75, 3.05) is 0 Å². The molecule has 0 aliphatic rings. The zero-order valence-electron chi connectivity index (χ0n) is 6.86. The third kappa shape index (κ3) is 5.32. The fraction of sp³-hybridized carbons (Fsp3) is 0. The van der Waals surface area contributed by atoms with Crippen molar-refractivity contribution in [3.8, 4) is 0 Å². The molecule has 0 saturated heterocycles. The van der Waals surface area contributed by atoms with Gasteiger partial charge in [-0.25, -0.2) is 9.59 Å². The molecule has 0 aromatic heterocycles. The first-order valence-corrected chi connectivity index (χ1v) is 3.33. The van der Waals surface area contributed by atoms with Gasteiger partial charge in [-0.3, -0.25) is 4.79 Å². The smallest absolute Gasteiger partial charge is 0.338 e. The first-order chi connectivity index (χ1) is 6.10.